The highest BCUT2D eigenvalue weighted by Crippen LogP contribution is 2.34. The third-order valence-electron chi connectivity index (χ3n) is 5.28. The lowest BCUT2D eigenvalue weighted by Crippen LogP contribution is -2.30. The third-order valence-corrected chi connectivity index (χ3v) is 6.32. The zero-order valence-corrected chi connectivity index (χ0v) is 21.0. The summed E-state index contributed by atoms with van der Waals surface area (Å²) in [4.78, 5) is 26.4. The molecule has 4 aromatic rings. The number of nitrogens with one attached hydrogen (secondary N) is 1. The summed E-state index contributed by atoms with van der Waals surface area (Å²) in [5.74, 6) is 0.334. The zero-order valence-electron chi connectivity index (χ0n) is 18.6. The molecule has 0 aliphatic carbocycles. The number of carbonyl (C=O) groups is 2. The number of ketones is 1. The van der Waals surface area contributed by atoms with Gasteiger partial charge in [-0.05, 0) is 83.9 Å². The highest BCUT2D eigenvalue weighted by atomic mass is 79.9. The lowest BCUT2D eigenvalue weighted by atomic mass is 10.1. The van der Waals surface area contributed by atoms with Gasteiger partial charge in [0.1, 0.15) is 17.1 Å². The van der Waals surface area contributed by atoms with Gasteiger partial charge >= 0.3 is 0 Å². The lowest BCUT2D eigenvalue weighted by Gasteiger charge is -2.15. The van der Waals surface area contributed by atoms with E-state index in [-0.39, 0.29) is 11.5 Å². The Labute approximate surface area is 209 Å². The molecule has 1 heterocycles. The lowest BCUT2D eigenvalue weighted by molar-refractivity contribution is -0.122. The van der Waals surface area contributed by atoms with Crippen LogP contribution in [0.1, 0.15) is 28.6 Å². The van der Waals surface area contributed by atoms with E-state index in [1.165, 1.54) is 0 Å². The molecule has 0 aliphatic heterocycles. The monoisotopic (exact) mass is 541 g/mol. The van der Waals surface area contributed by atoms with Gasteiger partial charge < -0.3 is 19.2 Å². The highest BCUT2D eigenvalue weighted by molar-refractivity contribution is 9.10. The maximum Gasteiger partial charge on any atom is 0.265 e. The average molecular weight is 543 g/mol. The van der Waals surface area contributed by atoms with Gasteiger partial charge in [-0.15, -0.1) is 0 Å². The summed E-state index contributed by atoms with van der Waals surface area (Å²) in [6, 6.07) is 17.3. The number of hydrogen-bond acceptors (Lipinski definition) is 5. The van der Waals surface area contributed by atoms with Crippen molar-refractivity contribution in [3.8, 4) is 11.5 Å². The Morgan fingerprint density at radius 1 is 1.09 bits per heavy atom. The summed E-state index contributed by atoms with van der Waals surface area (Å²) < 4.78 is 17.5. The van der Waals surface area contributed by atoms with Crippen molar-refractivity contribution in [2.45, 2.75) is 20.0 Å². The van der Waals surface area contributed by atoms with Crippen LogP contribution in [0.3, 0.4) is 0 Å². The van der Waals surface area contributed by atoms with Crippen LogP contribution in [0.15, 0.2) is 69.6 Å². The number of ether oxygens (including phenoxy) is 2. The van der Waals surface area contributed by atoms with Crippen LogP contribution in [0, 0.1) is 6.92 Å². The van der Waals surface area contributed by atoms with Crippen molar-refractivity contribution in [1.82, 2.24) is 0 Å². The fraction of sp³-hybridized carbons (Fsp3) is 0.154. The fourth-order valence-electron chi connectivity index (χ4n) is 3.44. The summed E-state index contributed by atoms with van der Waals surface area (Å²) in [6.07, 6.45) is -0.840. The summed E-state index contributed by atoms with van der Waals surface area (Å²) in [7, 11) is 1.54. The Morgan fingerprint density at radius 2 is 1.85 bits per heavy atom. The molecule has 0 aliphatic rings. The van der Waals surface area contributed by atoms with Crippen LogP contribution in [0.4, 0.5) is 5.69 Å². The average Bonchev–Trinajstić information content (AvgIpc) is 3.19. The minimum absolute atomic E-state index is 0.0288. The van der Waals surface area contributed by atoms with Gasteiger partial charge in [0.15, 0.2) is 11.9 Å². The number of amides is 1. The molecule has 0 radical (unpaired) electrons. The fourth-order valence-corrected chi connectivity index (χ4v) is 4.10. The summed E-state index contributed by atoms with van der Waals surface area (Å²) in [5.41, 5.74) is 1.99. The predicted molar refractivity (Wildman–Crippen MR) is 135 cm³/mol. The smallest absolute Gasteiger partial charge is 0.265 e. The van der Waals surface area contributed by atoms with E-state index in [0.717, 1.165) is 5.56 Å². The molecule has 4 rings (SSSR count). The van der Waals surface area contributed by atoms with Crippen molar-refractivity contribution in [1.29, 1.82) is 0 Å². The van der Waals surface area contributed by atoms with Crippen LogP contribution in [-0.4, -0.2) is 24.9 Å². The Balaban J connectivity index is 1.64. The third kappa shape index (κ3) is 4.81. The van der Waals surface area contributed by atoms with Gasteiger partial charge in [0.25, 0.3) is 5.91 Å². The van der Waals surface area contributed by atoms with E-state index in [1.54, 1.807) is 68.6 Å². The molecule has 6 nitrogen and oxygen atoms in total. The molecule has 1 aromatic heterocycles. The molecule has 8 heteroatoms. The van der Waals surface area contributed by atoms with Crippen molar-refractivity contribution in [3.05, 3.63) is 87.0 Å². The standard InChI is InChI=1S/C26H21BrClNO5/c1-14-12-17(9-10-20(14)28)33-15(2)26(31)29-23-18-6-4-5-7-21(18)34-25(23)24(30)16-8-11-22(32-3)19(27)13-16/h4-13,15H,1-3H3,(H,29,31). The number of hydrogen-bond donors (Lipinski definition) is 1. The van der Waals surface area contributed by atoms with E-state index < -0.39 is 12.0 Å². The Morgan fingerprint density at radius 3 is 2.56 bits per heavy atom. The quantitative estimate of drug-likeness (QED) is 0.260. The van der Waals surface area contributed by atoms with E-state index in [1.807, 2.05) is 13.0 Å². The first-order valence-corrected chi connectivity index (χ1v) is 11.6. The van der Waals surface area contributed by atoms with Crippen molar-refractivity contribution in [3.63, 3.8) is 0 Å². The second kappa shape index (κ2) is 9.91. The van der Waals surface area contributed by atoms with Gasteiger partial charge in [0, 0.05) is 16.0 Å². The van der Waals surface area contributed by atoms with Crippen molar-refractivity contribution in [2.75, 3.05) is 12.4 Å². The second-order valence-corrected chi connectivity index (χ2v) is 8.90. The molecule has 3 aromatic carbocycles. The van der Waals surface area contributed by atoms with Crippen molar-refractivity contribution >= 4 is 55.9 Å². The van der Waals surface area contributed by atoms with Gasteiger partial charge in [-0.1, -0.05) is 23.7 Å². The maximum atomic E-state index is 13.3. The second-order valence-electron chi connectivity index (χ2n) is 7.64. The largest absolute Gasteiger partial charge is 0.496 e. The van der Waals surface area contributed by atoms with Crippen LogP contribution in [0.2, 0.25) is 5.02 Å². The Kier molecular flexibility index (Phi) is 6.95. The van der Waals surface area contributed by atoms with Crippen LogP contribution < -0.4 is 14.8 Å². The number of rotatable bonds is 7. The van der Waals surface area contributed by atoms with Gasteiger partial charge in [-0.3, -0.25) is 9.59 Å². The molecule has 174 valence electrons. The number of carbonyl (C=O) groups excluding carboxylic acids is 2. The molecule has 1 amide bonds. The number of methoxy groups -OCH3 is 1. The van der Waals surface area contributed by atoms with Crippen LogP contribution >= 0.6 is 27.5 Å². The Bertz CT molecular complexity index is 1400. The number of furan rings is 1. The highest BCUT2D eigenvalue weighted by Gasteiger charge is 2.26. The normalized spacial score (nSPS) is 11.8. The number of fused-ring (bicyclic) bond motifs is 1. The number of para-hydroxylation sites is 1. The first-order chi connectivity index (χ1) is 16.3. The van der Waals surface area contributed by atoms with Crippen LogP contribution in [0.5, 0.6) is 11.5 Å². The van der Waals surface area contributed by atoms with E-state index in [0.29, 0.717) is 43.2 Å². The number of anilines is 1. The minimum Gasteiger partial charge on any atom is -0.496 e. The predicted octanol–water partition coefficient (Wildman–Crippen LogP) is 6.80. The van der Waals surface area contributed by atoms with Crippen LogP contribution in [0.25, 0.3) is 11.0 Å². The number of aryl methyl sites for hydroxylation is 1. The Hall–Kier alpha value is -3.29. The molecule has 0 saturated heterocycles. The van der Waals surface area contributed by atoms with Gasteiger partial charge in [0.2, 0.25) is 5.78 Å². The topological polar surface area (TPSA) is 77.8 Å². The van der Waals surface area contributed by atoms with E-state index in [9.17, 15) is 9.59 Å². The van der Waals surface area contributed by atoms with Crippen molar-refractivity contribution < 1.29 is 23.5 Å². The maximum absolute atomic E-state index is 13.3. The van der Waals surface area contributed by atoms with Crippen LogP contribution in [-0.2, 0) is 4.79 Å². The number of halogens is 2. The molecular weight excluding hydrogens is 522 g/mol. The first-order valence-electron chi connectivity index (χ1n) is 10.4. The molecule has 0 fully saturated rings. The molecule has 1 N–H and O–H groups in total. The van der Waals surface area contributed by atoms with E-state index >= 15 is 0 Å². The summed E-state index contributed by atoms with van der Waals surface area (Å²) >= 11 is 9.47. The SMILES string of the molecule is COc1ccc(C(=O)c2oc3ccccc3c2NC(=O)C(C)Oc2ccc(Cl)c(C)c2)cc1Br. The molecular formula is C26H21BrClNO5. The zero-order chi connectivity index (χ0) is 24.4. The summed E-state index contributed by atoms with van der Waals surface area (Å²) in [6.45, 7) is 3.48. The van der Waals surface area contributed by atoms with Gasteiger partial charge in [0.05, 0.1) is 17.3 Å². The molecule has 1 atom stereocenters. The molecule has 1 unspecified atom stereocenters. The molecule has 0 bridgehead atoms. The number of benzene rings is 3. The minimum atomic E-state index is -0.840. The molecule has 0 saturated carbocycles. The first kappa shape index (κ1) is 23.9. The summed E-state index contributed by atoms with van der Waals surface area (Å²) in [5, 5.41) is 4.05. The van der Waals surface area contributed by atoms with E-state index in [4.69, 9.17) is 25.5 Å². The van der Waals surface area contributed by atoms with Gasteiger partial charge in [-0.2, -0.15) is 0 Å². The van der Waals surface area contributed by atoms with E-state index in [2.05, 4.69) is 21.2 Å². The van der Waals surface area contributed by atoms with Gasteiger partial charge in [-0.25, -0.2) is 0 Å². The van der Waals surface area contributed by atoms with Crippen molar-refractivity contribution in [2.24, 2.45) is 0 Å². The molecule has 34 heavy (non-hydrogen) atoms. The molecule has 0 spiro atoms.